The molecule has 0 saturated carbocycles. The van der Waals surface area contributed by atoms with E-state index < -0.39 is 0 Å². The Balaban J connectivity index is 2.18. The average Bonchev–Trinajstić information content (AvgIpc) is 3.03. The number of imidazole rings is 1. The molecule has 0 aliphatic carbocycles. The highest BCUT2D eigenvalue weighted by Crippen LogP contribution is 2.16. The summed E-state index contributed by atoms with van der Waals surface area (Å²) in [5.74, 6) is 1.70. The molecule has 0 unspecified atom stereocenters. The first-order valence-corrected chi connectivity index (χ1v) is 7.68. The molecule has 118 valence electrons. The Morgan fingerprint density at radius 3 is 2.86 bits per heavy atom. The minimum absolute atomic E-state index is 0.753. The fourth-order valence-electron chi connectivity index (χ4n) is 2.10. The van der Waals surface area contributed by atoms with Gasteiger partial charge in [-0.25, -0.2) is 4.98 Å². The summed E-state index contributed by atoms with van der Waals surface area (Å²) in [5, 5.41) is 6.34. The summed E-state index contributed by atoms with van der Waals surface area (Å²) < 4.78 is 7.73. The zero-order valence-corrected chi connectivity index (χ0v) is 13.6. The van der Waals surface area contributed by atoms with Crippen LogP contribution >= 0.6 is 0 Å². The summed E-state index contributed by atoms with van der Waals surface area (Å²) in [6, 6.07) is 8.03. The lowest BCUT2D eigenvalue weighted by molar-refractivity contribution is 0.306. The lowest BCUT2D eigenvalue weighted by Gasteiger charge is -2.13. The molecule has 0 amide bonds. The number of nitrogens with zero attached hydrogens (tertiary/aromatic N) is 4. The number of rotatable bonds is 7. The van der Waals surface area contributed by atoms with E-state index in [4.69, 9.17) is 4.74 Å². The second-order valence-corrected chi connectivity index (χ2v) is 5.32. The Morgan fingerprint density at radius 2 is 2.18 bits per heavy atom. The zero-order chi connectivity index (χ0) is 15.8. The van der Waals surface area contributed by atoms with Crippen LogP contribution in [-0.2, 0) is 0 Å². The van der Waals surface area contributed by atoms with Crippen molar-refractivity contribution in [2.45, 2.75) is 26.2 Å². The molecule has 0 bridgehead atoms. The highest BCUT2D eigenvalue weighted by atomic mass is 16.5. The van der Waals surface area contributed by atoms with Crippen molar-refractivity contribution in [1.82, 2.24) is 14.6 Å². The molecule has 0 saturated heterocycles. The summed E-state index contributed by atoms with van der Waals surface area (Å²) in [5.41, 5.74) is 1.000. The molecule has 5 nitrogen and oxygen atoms in total. The molecule has 1 aromatic carbocycles. The summed E-state index contributed by atoms with van der Waals surface area (Å²) in [7, 11) is 3.81. The van der Waals surface area contributed by atoms with Gasteiger partial charge in [-0.2, -0.15) is 5.10 Å². The largest absolute Gasteiger partial charge is 0.494 e. The van der Waals surface area contributed by atoms with E-state index in [0.29, 0.717) is 0 Å². The number of benzene rings is 1. The molecule has 2 rings (SSSR count). The molecule has 22 heavy (non-hydrogen) atoms. The fourth-order valence-corrected chi connectivity index (χ4v) is 2.10. The Labute approximate surface area is 132 Å². The topological polar surface area (TPSA) is 42.6 Å². The van der Waals surface area contributed by atoms with Crippen LogP contribution in [0.3, 0.4) is 0 Å². The van der Waals surface area contributed by atoms with Crippen LogP contribution in [0, 0.1) is 0 Å². The first-order valence-electron chi connectivity index (χ1n) is 7.68. The quantitative estimate of drug-likeness (QED) is 0.341. The van der Waals surface area contributed by atoms with Crippen molar-refractivity contribution >= 4 is 5.84 Å². The van der Waals surface area contributed by atoms with Crippen molar-refractivity contribution in [2.24, 2.45) is 5.10 Å². The van der Waals surface area contributed by atoms with Crippen LogP contribution < -0.4 is 4.74 Å². The van der Waals surface area contributed by atoms with Gasteiger partial charge in [0.1, 0.15) is 12.1 Å². The molecule has 2 aromatic rings. The normalized spacial score (nSPS) is 11.5. The molecule has 1 heterocycles. The Morgan fingerprint density at radius 1 is 1.32 bits per heavy atom. The summed E-state index contributed by atoms with van der Waals surface area (Å²) >= 11 is 0. The number of hydrazone groups is 1. The van der Waals surface area contributed by atoms with E-state index in [2.05, 4.69) is 17.0 Å². The minimum atomic E-state index is 0.753. The van der Waals surface area contributed by atoms with Crippen molar-refractivity contribution in [3.05, 3.63) is 48.5 Å². The summed E-state index contributed by atoms with van der Waals surface area (Å²) in [6.07, 6.45) is 8.86. The van der Waals surface area contributed by atoms with Gasteiger partial charge in [0, 0.05) is 32.1 Å². The number of aromatic nitrogens is 2. The smallest absolute Gasteiger partial charge is 0.165 e. The van der Waals surface area contributed by atoms with Gasteiger partial charge in [0.15, 0.2) is 5.84 Å². The molecule has 0 fully saturated rings. The maximum atomic E-state index is 5.83. The van der Waals surface area contributed by atoms with E-state index in [-0.39, 0.29) is 0 Å². The van der Waals surface area contributed by atoms with Crippen molar-refractivity contribution in [3.63, 3.8) is 0 Å². The van der Waals surface area contributed by atoms with E-state index in [1.165, 1.54) is 12.8 Å². The summed E-state index contributed by atoms with van der Waals surface area (Å²) in [4.78, 5) is 4.10. The SMILES string of the molecule is CCCCCOc1cccc(C(=NN(C)C)n2ccnc2)c1. The first-order chi connectivity index (χ1) is 10.7. The number of hydrogen-bond donors (Lipinski definition) is 0. The van der Waals surface area contributed by atoms with Crippen LogP contribution in [0.15, 0.2) is 48.1 Å². The predicted molar refractivity (Wildman–Crippen MR) is 89.3 cm³/mol. The number of hydrogen-bond acceptors (Lipinski definition) is 4. The second kappa shape index (κ2) is 8.22. The van der Waals surface area contributed by atoms with E-state index in [1.54, 1.807) is 17.5 Å². The van der Waals surface area contributed by atoms with Crippen LogP contribution in [0.2, 0.25) is 0 Å². The van der Waals surface area contributed by atoms with Gasteiger partial charge in [-0.1, -0.05) is 31.9 Å². The molecule has 0 aliphatic heterocycles. The van der Waals surface area contributed by atoms with Crippen LogP contribution in [-0.4, -0.2) is 41.1 Å². The fraction of sp³-hybridized carbons (Fsp3) is 0.412. The van der Waals surface area contributed by atoms with Crippen molar-refractivity contribution < 1.29 is 4.74 Å². The van der Waals surface area contributed by atoms with E-state index in [0.717, 1.165) is 30.2 Å². The van der Waals surface area contributed by atoms with Gasteiger partial charge in [0.25, 0.3) is 0 Å². The molecule has 5 heteroatoms. The third kappa shape index (κ3) is 4.62. The van der Waals surface area contributed by atoms with Gasteiger partial charge < -0.3 is 9.75 Å². The van der Waals surface area contributed by atoms with E-state index in [9.17, 15) is 0 Å². The van der Waals surface area contributed by atoms with Crippen molar-refractivity contribution in [3.8, 4) is 5.75 Å². The standard InChI is InChI=1S/C17H24N4O/c1-4-5-6-12-22-16-9-7-8-15(13-16)17(19-20(2)3)21-11-10-18-14-21/h7-11,13-14H,4-6,12H2,1-3H3. The van der Waals surface area contributed by atoms with Crippen molar-refractivity contribution in [2.75, 3.05) is 20.7 Å². The van der Waals surface area contributed by atoms with Crippen LogP contribution in [0.4, 0.5) is 0 Å². The highest BCUT2D eigenvalue weighted by molar-refractivity contribution is 6.00. The van der Waals surface area contributed by atoms with Gasteiger partial charge in [-0.3, -0.25) is 4.57 Å². The molecule has 0 spiro atoms. The zero-order valence-electron chi connectivity index (χ0n) is 13.6. The Bertz CT molecular complexity index is 590. The number of ether oxygens (including phenoxy) is 1. The third-order valence-electron chi connectivity index (χ3n) is 3.15. The minimum Gasteiger partial charge on any atom is -0.494 e. The Hall–Kier alpha value is -2.30. The van der Waals surface area contributed by atoms with Crippen LogP contribution in [0.25, 0.3) is 0 Å². The molecular weight excluding hydrogens is 276 g/mol. The molecule has 0 atom stereocenters. The average molecular weight is 300 g/mol. The van der Waals surface area contributed by atoms with Gasteiger partial charge in [-0.05, 0) is 18.6 Å². The van der Waals surface area contributed by atoms with E-state index in [1.807, 2.05) is 49.1 Å². The lowest BCUT2D eigenvalue weighted by atomic mass is 10.2. The lowest BCUT2D eigenvalue weighted by Crippen LogP contribution is -2.17. The monoisotopic (exact) mass is 300 g/mol. The van der Waals surface area contributed by atoms with Crippen LogP contribution in [0.1, 0.15) is 31.7 Å². The van der Waals surface area contributed by atoms with Crippen LogP contribution in [0.5, 0.6) is 5.75 Å². The van der Waals surface area contributed by atoms with Gasteiger partial charge in [-0.15, -0.1) is 0 Å². The third-order valence-corrected chi connectivity index (χ3v) is 3.15. The Kier molecular flexibility index (Phi) is 6.01. The van der Waals surface area contributed by atoms with E-state index >= 15 is 0 Å². The maximum absolute atomic E-state index is 5.83. The molecule has 0 N–H and O–H groups in total. The van der Waals surface area contributed by atoms with Gasteiger partial charge >= 0.3 is 0 Å². The van der Waals surface area contributed by atoms with Crippen molar-refractivity contribution in [1.29, 1.82) is 0 Å². The van der Waals surface area contributed by atoms with Gasteiger partial charge in [0.05, 0.1) is 6.61 Å². The highest BCUT2D eigenvalue weighted by Gasteiger charge is 2.08. The second-order valence-electron chi connectivity index (χ2n) is 5.32. The predicted octanol–water partition coefficient (Wildman–Crippen LogP) is 3.22. The first kappa shape index (κ1) is 16.1. The molecule has 1 aromatic heterocycles. The summed E-state index contributed by atoms with van der Waals surface area (Å²) in [6.45, 7) is 2.94. The maximum Gasteiger partial charge on any atom is 0.165 e. The van der Waals surface area contributed by atoms with Gasteiger partial charge in [0.2, 0.25) is 0 Å². The molecular formula is C17H24N4O. The molecule has 0 radical (unpaired) electrons. The molecule has 0 aliphatic rings. The number of unbranched alkanes of at least 4 members (excludes halogenated alkanes) is 2.